The number of piperidine rings is 1. The van der Waals surface area contributed by atoms with Crippen molar-refractivity contribution in [2.45, 2.75) is 64.4 Å². The number of thiazole rings is 1. The first-order valence-electron chi connectivity index (χ1n) is 14.4. The zero-order valence-electron chi connectivity index (χ0n) is 24.3. The molecule has 41 heavy (non-hydrogen) atoms. The van der Waals surface area contributed by atoms with Crippen LogP contribution in [0.25, 0.3) is 0 Å². The maximum Gasteiger partial charge on any atom is 0.223 e. The van der Waals surface area contributed by atoms with Crippen molar-refractivity contribution in [3.63, 3.8) is 0 Å². The van der Waals surface area contributed by atoms with E-state index >= 15 is 0 Å². The maximum absolute atomic E-state index is 13.8. The fourth-order valence-electron chi connectivity index (χ4n) is 7.44. The first-order valence-corrected chi connectivity index (χ1v) is 15.2. The number of anilines is 2. The number of aliphatic hydroxyl groups is 2. The topological polar surface area (TPSA) is 147 Å². The van der Waals surface area contributed by atoms with Gasteiger partial charge in [0.2, 0.25) is 11.8 Å². The van der Waals surface area contributed by atoms with E-state index in [1.54, 1.807) is 25.6 Å². The van der Waals surface area contributed by atoms with Crippen molar-refractivity contribution in [2.24, 2.45) is 28.4 Å². The lowest BCUT2D eigenvalue weighted by atomic mass is 9.47. The molecule has 2 amide bonds. The van der Waals surface area contributed by atoms with E-state index in [1.165, 1.54) is 0 Å². The van der Waals surface area contributed by atoms with Crippen LogP contribution in [-0.4, -0.2) is 71.9 Å². The lowest BCUT2D eigenvalue weighted by Gasteiger charge is -2.58. The number of ether oxygens (including phenoxy) is 2. The number of carbonyl (C=O) groups excluding carboxylic acids is 2. The van der Waals surface area contributed by atoms with Crippen molar-refractivity contribution in [2.75, 3.05) is 39.2 Å². The minimum Gasteiger partial charge on any atom is -0.497 e. The molecule has 5 unspecified atom stereocenters. The number of nitrogens with two attached hydrogens (primary N) is 1. The normalized spacial score (nSPS) is 29.8. The molecular formula is C30H42N4O6S. The van der Waals surface area contributed by atoms with Gasteiger partial charge in [-0.3, -0.25) is 9.59 Å². The molecule has 11 heteroatoms. The Morgan fingerprint density at radius 1 is 1.20 bits per heavy atom. The van der Waals surface area contributed by atoms with E-state index in [-0.39, 0.29) is 48.0 Å². The number of nitrogens with zero attached hydrogens (tertiary/aromatic N) is 2. The van der Waals surface area contributed by atoms with E-state index < -0.39 is 11.5 Å². The third-order valence-corrected chi connectivity index (χ3v) is 11.2. The number of likely N-dealkylation sites (tertiary alicyclic amines) is 1. The molecular weight excluding hydrogens is 544 g/mol. The van der Waals surface area contributed by atoms with Gasteiger partial charge in [-0.1, -0.05) is 13.8 Å². The van der Waals surface area contributed by atoms with Gasteiger partial charge in [-0.2, -0.15) is 0 Å². The number of carbonyl (C=O) groups is 2. The molecule has 0 bridgehead atoms. The van der Waals surface area contributed by atoms with Crippen LogP contribution in [0.5, 0.6) is 11.5 Å². The van der Waals surface area contributed by atoms with Crippen LogP contribution in [0.15, 0.2) is 18.2 Å². The zero-order chi connectivity index (χ0) is 29.5. The molecule has 1 aliphatic heterocycles. The number of hydrogen-bond acceptors (Lipinski definition) is 9. The van der Waals surface area contributed by atoms with Gasteiger partial charge in [0.15, 0.2) is 5.13 Å². The molecule has 10 nitrogen and oxygen atoms in total. The molecule has 5 N–H and O–H groups in total. The van der Waals surface area contributed by atoms with E-state index in [1.807, 2.05) is 30.0 Å². The highest BCUT2D eigenvalue weighted by atomic mass is 32.1. The smallest absolute Gasteiger partial charge is 0.223 e. The highest BCUT2D eigenvalue weighted by Crippen LogP contribution is 2.63. The van der Waals surface area contributed by atoms with E-state index in [4.69, 9.17) is 20.2 Å². The van der Waals surface area contributed by atoms with Gasteiger partial charge in [0, 0.05) is 47.7 Å². The molecule has 2 aliphatic carbocycles. The van der Waals surface area contributed by atoms with Gasteiger partial charge in [0.25, 0.3) is 0 Å². The predicted molar refractivity (Wildman–Crippen MR) is 157 cm³/mol. The van der Waals surface area contributed by atoms with Crippen molar-refractivity contribution in [3.8, 4) is 11.5 Å². The van der Waals surface area contributed by atoms with Crippen LogP contribution >= 0.6 is 11.3 Å². The molecule has 1 saturated heterocycles. The Bertz CT molecular complexity index is 1290. The Labute approximate surface area is 245 Å². The summed E-state index contributed by atoms with van der Waals surface area (Å²) in [5, 5.41) is 25.7. The predicted octanol–water partition coefficient (Wildman–Crippen LogP) is 3.43. The van der Waals surface area contributed by atoms with Crippen molar-refractivity contribution in [1.82, 2.24) is 9.88 Å². The SMILES string of the molecule is COc1ccc(OC)c(Nc2nc3c(s2)CC2C(C)(CO)C(O)CCC2(C)C3CC(=O)N2CCC(C(N)=O)CC2)c1. The van der Waals surface area contributed by atoms with E-state index in [0.717, 1.165) is 22.7 Å². The van der Waals surface area contributed by atoms with Crippen LogP contribution in [0.4, 0.5) is 10.8 Å². The first kappa shape index (κ1) is 29.6. The van der Waals surface area contributed by atoms with Gasteiger partial charge >= 0.3 is 0 Å². The number of hydrogen-bond donors (Lipinski definition) is 4. The number of fused-ring (bicyclic) bond motifs is 2. The Morgan fingerprint density at radius 3 is 2.56 bits per heavy atom. The zero-order valence-corrected chi connectivity index (χ0v) is 25.1. The highest BCUT2D eigenvalue weighted by molar-refractivity contribution is 7.15. The number of aliphatic hydroxyl groups excluding tert-OH is 2. The van der Waals surface area contributed by atoms with E-state index in [0.29, 0.717) is 55.4 Å². The largest absolute Gasteiger partial charge is 0.497 e. The van der Waals surface area contributed by atoms with Gasteiger partial charge in [0.05, 0.1) is 38.3 Å². The Balaban J connectivity index is 1.49. The van der Waals surface area contributed by atoms with Crippen molar-refractivity contribution < 1.29 is 29.3 Å². The van der Waals surface area contributed by atoms with Gasteiger partial charge in [-0.15, -0.1) is 11.3 Å². The molecule has 2 fully saturated rings. The maximum atomic E-state index is 13.8. The van der Waals surface area contributed by atoms with Gasteiger partial charge in [0.1, 0.15) is 11.5 Å². The minimum atomic E-state index is -0.695. The summed E-state index contributed by atoms with van der Waals surface area (Å²) in [7, 11) is 3.22. The number of benzene rings is 1. The van der Waals surface area contributed by atoms with E-state index in [2.05, 4.69) is 12.2 Å². The molecule has 0 radical (unpaired) electrons. The van der Waals surface area contributed by atoms with Crippen LogP contribution < -0.4 is 20.5 Å². The van der Waals surface area contributed by atoms with Gasteiger partial charge in [-0.05, 0) is 55.6 Å². The van der Waals surface area contributed by atoms with Crippen molar-refractivity contribution in [3.05, 3.63) is 28.8 Å². The lowest BCUT2D eigenvalue weighted by Crippen LogP contribution is -2.58. The molecule has 2 heterocycles. The number of amides is 2. The number of rotatable bonds is 8. The quantitative estimate of drug-likeness (QED) is 0.368. The summed E-state index contributed by atoms with van der Waals surface area (Å²) >= 11 is 1.54. The molecule has 0 spiro atoms. The summed E-state index contributed by atoms with van der Waals surface area (Å²) < 4.78 is 11.0. The molecule has 1 aromatic carbocycles. The number of aromatic nitrogens is 1. The van der Waals surface area contributed by atoms with Crippen LogP contribution in [0.3, 0.4) is 0 Å². The molecule has 3 aliphatic rings. The summed E-state index contributed by atoms with van der Waals surface area (Å²) in [6.07, 6.45) is 2.79. The first-order chi connectivity index (χ1) is 19.5. The summed E-state index contributed by atoms with van der Waals surface area (Å²) in [4.78, 5) is 33.4. The van der Waals surface area contributed by atoms with Gasteiger partial charge < -0.3 is 35.6 Å². The summed E-state index contributed by atoms with van der Waals surface area (Å²) in [5.74, 6) is 0.673. The fraction of sp³-hybridized carbons (Fsp3) is 0.633. The fourth-order valence-corrected chi connectivity index (χ4v) is 8.52. The molecule has 224 valence electrons. The molecule has 1 saturated carbocycles. The average molecular weight is 587 g/mol. The second-order valence-corrected chi connectivity index (χ2v) is 13.4. The summed E-state index contributed by atoms with van der Waals surface area (Å²) in [5.41, 5.74) is 6.11. The second kappa shape index (κ2) is 11.4. The van der Waals surface area contributed by atoms with Crippen LogP contribution in [-0.2, 0) is 16.0 Å². The third-order valence-electron chi connectivity index (χ3n) is 10.2. The van der Waals surface area contributed by atoms with E-state index in [9.17, 15) is 19.8 Å². The minimum absolute atomic E-state index is 0.0331. The molecule has 5 rings (SSSR count). The summed E-state index contributed by atoms with van der Waals surface area (Å²) in [6.45, 7) is 5.07. The lowest BCUT2D eigenvalue weighted by molar-refractivity contribution is -0.148. The number of nitrogens with one attached hydrogen (secondary N) is 1. The van der Waals surface area contributed by atoms with Crippen molar-refractivity contribution >= 4 is 34.0 Å². The van der Waals surface area contributed by atoms with Gasteiger partial charge in [-0.25, -0.2) is 4.98 Å². The standard InChI is InChI=1S/C30H42N4O6S/c1-29-10-7-24(36)30(2,16-35)23(29)15-22-26(19(29)14-25(37)34-11-8-17(9-12-34)27(31)38)33-28(41-22)32-20-13-18(39-3)5-6-21(20)40-4/h5-6,13,17,19,23-24,35-36H,7-12,14-16H2,1-4H3,(H2,31,38)(H,32,33). The van der Waals surface area contributed by atoms with Crippen molar-refractivity contribution in [1.29, 1.82) is 0 Å². The Kier molecular flexibility index (Phi) is 8.24. The Hall–Kier alpha value is -2.89. The Morgan fingerprint density at radius 2 is 1.93 bits per heavy atom. The van der Waals surface area contributed by atoms with Crippen LogP contribution in [0.2, 0.25) is 0 Å². The number of methoxy groups -OCH3 is 2. The highest BCUT2D eigenvalue weighted by Gasteiger charge is 2.59. The molecule has 2 aromatic rings. The molecule has 5 atom stereocenters. The van der Waals surface area contributed by atoms with Crippen LogP contribution in [0, 0.1) is 22.7 Å². The molecule has 1 aromatic heterocycles. The monoisotopic (exact) mass is 586 g/mol. The second-order valence-electron chi connectivity index (χ2n) is 12.3. The summed E-state index contributed by atoms with van der Waals surface area (Å²) in [6, 6.07) is 5.52. The van der Waals surface area contributed by atoms with Crippen LogP contribution in [0.1, 0.15) is 62.4 Å². The third kappa shape index (κ3) is 5.28. The average Bonchev–Trinajstić information content (AvgIpc) is 3.38. The number of primary amides is 1.